The first-order valence-electron chi connectivity index (χ1n) is 15.7. The fourth-order valence-electron chi connectivity index (χ4n) is 5.92. The number of piperazine rings is 1. The molecule has 1 aliphatic carbocycles. The molecule has 9 nitrogen and oxygen atoms in total. The minimum atomic E-state index is -0.771. The number of carbonyl (C=O) groups excluding carboxylic acids is 3. The van der Waals surface area contributed by atoms with Crippen LogP contribution in [0.1, 0.15) is 63.3 Å². The lowest BCUT2D eigenvalue weighted by molar-refractivity contribution is -0.129. The molecule has 11 heteroatoms. The van der Waals surface area contributed by atoms with Crippen molar-refractivity contribution in [3.63, 3.8) is 0 Å². The van der Waals surface area contributed by atoms with Crippen molar-refractivity contribution in [2.24, 2.45) is 5.92 Å². The maximum atomic E-state index is 13.8. The van der Waals surface area contributed by atoms with Crippen molar-refractivity contribution in [2.45, 2.75) is 76.8 Å². The molecule has 2 atom stereocenters. The van der Waals surface area contributed by atoms with E-state index in [0.29, 0.717) is 42.4 Å². The molecular weight excluding hydrogens is 584 g/mol. The maximum absolute atomic E-state index is 13.8. The number of hydrogen-bond acceptors (Lipinski definition) is 7. The Labute approximate surface area is 264 Å². The van der Waals surface area contributed by atoms with Crippen LogP contribution in [0.15, 0.2) is 30.4 Å². The van der Waals surface area contributed by atoms with Crippen LogP contribution in [0.5, 0.6) is 0 Å². The Morgan fingerprint density at radius 3 is 2.58 bits per heavy atom. The van der Waals surface area contributed by atoms with Gasteiger partial charge >= 0.3 is 0 Å². The molecule has 1 aromatic carbocycles. The number of thiazole rings is 1. The largest absolute Gasteiger partial charge is 0.350 e. The third kappa shape index (κ3) is 10.6. The molecule has 2 heterocycles. The SMILES string of the molecule is C=C(CN1CCN(C)CC1)C(=O)NC[C@H](CC1CCCCC1)NC(=O)[C@H](Cc1nc2ccc(Cl)cc2s1)NC(=O)CCC. The van der Waals surface area contributed by atoms with Gasteiger partial charge in [0.2, 0.25) is 17.7 Å². The second kappa shape index (κ2) is 16.5. The van der Waals surface area contributed by atoms with Gasteiger partial charge in [-0.3, -0.25) is 19.3 Å². The topological polar surface area (TPSA) is 107 Å². The van der Waals surface area contributed by atoms with Crippen molar-refractivity contribution in [3.8, 4) is 0 Å². The number of halogens is 1. The van der Waals surface area contributed by atoms with Gasteiger partial charge in [-0.25, -0.2) is 4.98 Å². The zero-order valence-corrected chi connectivity index (χ0v) is 27.2. The molecule has 1 saturated carbocycles. The third-order valence-corrected chi connectivity index (χ3v) is 9.71. The van der Waals surface area contributed by atoms with Gasteiger partial charge in [0.05, 0.1) is 15.2 Å². The molecular formula is C32H47ClN6O3S. The molecule has 2 aliphatic rings. The van der Waals surface area contributed by atoms with E-state index in [4.69, 9.17) is 11.6 Å². The van der Waals surface area contributed by atoms with Crippen LogP contribution in [0.3, 0.4) is 0 Å². The first-order chi connectivity index (χ1) is 20.7. The van der Waals surface area contributed by atoms with Crippen LogP contribution in [0.4, 0.5) is 0 Å². The molecule has 0 bridgehead atoms. The zero-order chi connectivity index (χ0) is 30.8. The standard InChI is InChI=1S/C32H47ClN6O3S/c1-4-8-29(40)36-27(19-30-37-26-12-11-24(33)18-28(26)43-30)32(42)35-25(17-23-9-6-5-7-10-23)20-34-31(41)22(2)21-39-15-13-38(3)14-16-39/h11-12,18,23,25,27H,2,4-10,13-17,19-21H2,1,3H3,(H,34,41)(H,35,42)(H,36,40)/t25-,27-/m0/s1. The number of benzene rings is 1. The van der Waals surface area contributed by atoms with E-state index in [1.807, 2.05) is 19.1 Å². The van der Waals surface area contributed by atoms with E-state index >= 15 is 0 Å². The smallest absolute Gasteiger partial charge is 0.247 e. The Morgan fingerprint density at radius 2 is 1.86 bits per heavy atom. The number of rotatable bonds is 14. The normalized spacial score (nSPS) is 18.2. The van der Waals surface area contributed by atoms with Crippen molar-refractivity contribution in [3.05, 3.63) is 40.4 Å². The second-order valence-corrected chi connectivity index (χ2v) is 13.7. The molecule has 4 rings (SSSR count). The molecule has 1 aromatic heterocycles. The lowest BCUT2D eigenvalue weighted by atomic mass is 9.84. The van der Waals surface area contributed by atoms with Crippen LogP contribution in [-0.2, 0) is 20.8 Å². The summed E-state index contributed by atoms with van der Waals surface area (Å²) < 4.78 is 0.941. The Balaban J connectivity index is 1.42. The van der Waals surface area contributed by atoms with Gasteiger partial charge in [0.15, 0.2) is 0 Å². The third-order valence-electron chi connectivity index (χ3n) is 8.43. The summed E-state index contributed by atoms with van der Waals surface area (Å²) in [5.41, 5.74) is 1.35. The average molecular weight is 631 g/mol. The average Bonchev–Trinajstić information content (AvgIpc) is 3.38. The molecule has 1 aliphatic heterocycles. The van der Waals surface area contributed by atoms with Gasteiger partial charge in [-0.2, -0.15) is 0 Å². The van der Waals surface area contributed by atoms with Crippen LogP contribution in [0.25, 0.3) is 10.2 Å². The lowest BCUT2D eigenvalue weighted by Gasteiger charge is -2.32. The summed E-state index contributed by atoms with van der Waals surface area (Å²) in [7, 11) is 2.11. The highest BCUT2D eigenvalue weighted by Crippen LogP contribution is 2.28. The zero-order valence-electron chi connectivity index (χ0n) is 25.6. The van der Waals surface area contributed by atoms with E-state index in [1.54, 1.807) is 6.07 Å². The number of likely N-dealkylation sites (N-methyl/N-ethyl adjacent to an activating group) is 1. The van der Waals surface area contributed by atoms with Gasteiger partial charge in [-0.1, -0.05) is 57.2 Å². The molecule has 2 aromatic rings. The van der Waals surface area contributed by atoms with Gasteiger partial charge in [0.1, 0.15) is 6.04 Å². The minimum absolute atomic E-state index is 0.163. The summed E-state index contributed by atoms with van der Waals surface area (Å²) >= 11 is 7.65. The van der Waals surface area contributed by atoms with Crippen LogP contribution in [0, 0.1) is 5.92 Å². The number of fused-ring (bicyclic) bond motifs is 1. The molecule has 3 amide bonds. The lowest BCUT2D eigenvalue weighted by Crippen LogP contribution is -2.53. The van der Waals surface area contributed by atoms with E-state index in [1.165, 1.54) is 30.6 Å². The number of amides is 3. The van der Waals surface area contributed by atoms with Gasteiger partial charge in [-0.15, -0.1) is 11.3 Å². The Kier molecular flexibility index (Phi) is 12.8. The summed E-state index contributed by atoms with van der Waals surface area (Å²) in [5.74, 6) is -0.105. The van der Waals surface area contributed by atoms with Gasteiger partial charge in [0, 0.05) is 68.7 Å². The second-order valence-electron chi connectivity index (χ2n) is 12.1. The number of carbonyl (C=O) groups is 3. The highest BCUT2D eigenvalue weighted by molar-refractivity contribution is 7.18. The number of hydrogen-bond donors (Lipinski definition) is 3. The number of nitrogens with one attached hydrogen (secondary N) is 3. The first kappa shape index (κ1) is 33.4. The van der Waals surface area contributed by atoms with E-state index in [2.05, 4.69) is 44.4 Å². The molecule has 2 fully saturated rings. The van der Waals surface area contributed by atoms with Crippen LogP contribution < -0.4 is 16.0 Å². The molecule has 3 N–H and O–H groups in total. The van der Waals surface area contributed by atoms with Crippen LogP contribution in [0.2, 0.25) is 5.02 Å². The summed E-state index contributed by atoms with van der Waals surface area (Å²) in [4.78, 5) is 48.7. The fourth-order valence-corrected chi connectivity index (χ4v) is 7.21. The van der Waals surface area contributed by atoms with Crippen molar-refractivity contribution in [1.82, 2.24) is 30.7 Å². The van der Waals surface area contributed by atoms with Crippen molar-refractivity contribution >= 4 is 50.9 Å². The van der Waals surface area contributed by atoms with E-state index in [-0.39, 0.29) is 30.2 Å². The summed E-state index contributed by atoms with van der Waals surface area (Å²) in [5, 5.41) is 10.6. The van der Waals surface area contributed by atoms with Crippen molar-refractivity contribution in [2.75, 3.05) is 46.3 Å². The predicted octanol–water partition coefficient (Wildman–Crippen LogP) is 4.15. The van der Waals surface area contributed by atoms with E-state index in [9.17, 15) is 14.4 Å². The first-order valence-corrected chi connectivity index (χ1v) is 16.9. The molecule has 0 unspecified atom stereocenters. The number of nitrogens with zero attached hydrogens (tertiary/aromatic N) is 3. The van der Waals surface area contributed by atoms with Crippen molar-refractivity contribution in [1.29, 1.82) is 0 Å². The summed E-state index contributed by atoms with van der Waals surface area (Å²) in [6.45, 7) is 10.6. The Bertz CT molecular complexity index is 1250. The predicted molar refractivity (Wildman–Crippen MR) is 174 cm³/mol. The fraction of sp³-hybridized carbons (Fsp3) is 0.625. The van der Waals surface area contributed by atoms with Crippen molar-refractivity contribution < 1.29 is 14.4 Å². The summed E-state index contributed by atoms with van der Waals surface area (Å²) in [6.07, 6.45) is 7.98. The molecule has 1 saturated heterocycles. The quantitative estimate of drug-likeness (QED) is 0.271. The highest BCUT2D eigenvalue weighted by Gasteiger charge is 2.28. The maximum Gasteiger partial charge on any atom is 0.247 e. The number of aromatic nitrogens is 1. The van der Waals surface area contributed by atoms with E-state index < -0.39 is 6.04 Å². The molecule has 43 heavy (non-hydrogen) atoms. The van der Waals surface area contributed by atoms with Crippen LogP contribution in [-0.4, -0.2) is 90.9 Å². The van der Waals surface area contributed by atoms with E-state index in [0.717, 1.165) is 60.7 Å². The Hall–Kier alpha value is -2.53. The highest BCUT2D eigenvalue weighted by atomic mass is 35.5. The van der Waals surface area contributed by atoms with Gasteiger partial charge in [-0.05, 0) is 44.0 Å². The molecule has 0 spiro atoms. The van der Waals surface area contributed by atoms with Gasteiger partial charge in [0.25, 0.3) is 0 Å². The summed E-state index contributed by atoms with van der Waals surface area (Å²) in [6, 6.07) is 4.50. The molecule has 236 valence electrons. The Morgan fingerprint density at radius 1 is 1.12 bits per heavy atom. The molecule has 0 radical (unpaired) electrons. The van der Waals surface area contributed by atoms with Gasteiger partial charge < -0.3 is 20.9 Å². The van der Waals surface area contributed by atoms with Crippen LogP contribution >= 0.6 is 22.9 Å². The minimum Gasteiger partial charge on any atom is -0.350 e. The monoisotopic (exact) mass is 630 g/mol.